The molecule has 1 aromatic carbocycles. The first-order valence-corrected chi connectivity index (χ1v) is 7.30. The molecule has 0 radical (unpaired) electrons. The van der Waals surface area contributed by atoms with Crippen LogP contribution in [-0.4, -0.2) is 25.0 Å². The molecule has 0 bridgehead atoms. The molecule has 18 heavy (non-hydrogen) atoms. The predicted octanol–water partition coefficient (Wildman–Crippen LogP) is 2.97. The number of halogens is 2. The van der Waals surface area contributed by atoms with Crippen LogP contribution in [0.1, 0.15) is 29.6 Å². The Morgan fingerprint density at radius 2 is 2.22 bits per heavy atom. The molecule has 1 aliphatic rings. The van der Waals surface area contributed by atoms with Gasteiger partial charge in [-0.05, 0) is 66.5 Å². The van der Waals surface area contributed by atoms with Crippen molar-refractivity contribution in [2.24, 2.45) is 0 Å². The summed E-state index contributed by atoms with van der Waals surface area (Å²) in [6.45, 7) is 2.00. The summed E-state index contributed by atoms with van der Waals surface area (Å²) >= 11 is 9.24. The molecule has 2 N–H and O–H groups in total. The number of carbonyl (C=O) groups excluding carboxylic acids is 1. The molecular weight excluding hydrogens is 316 g/mol. The summed E-state index contributed by atoms with van der Waals surface area (Å²) in [6.07, 6.45) is 3.12. The molecule has 0 aromatic heterocycles. The average Bonchev–Trinajstić information content (AvgIpc) is 2.57. The molecule has 1 amide bonds. The number of rotatable bonds is 2. The molecule has 2 rings (SSSR count). The zero-order chi connectivity index (χ0) is 13.0. The van der Waals surface area contributed by atoms with E-state index in [1.54, 1.807) is 18.2 Å². The van der Waals surface area contributed by atoms with Crippen molar-refractivity contribution in [1.82, 2.24) is 10.6 Å². The van der Waals surface area contributed by atoms with E-state index in [9.17, 15) is 4.79 Å². The fraction of sp³-hybridized carbons (Fsp3) is 0.462. The van der Waals surface area contributed by atoms with Crippen molar-refractivity contribution in [3.8, 4) is 0 Å². The second-order valence-corrected chi connectivity index (χ2v) is 5.77. The fourth-order valence-corrected chi connectivity index (χ4v) is 2.96. The van der Waals surface area contributed by atoms with Crippen molar-refractivity contribution in [2.45, 2.75) is 25.3 Å². The second kappa shape index (κ2) is 6.55. The van der Waals surface area contributed by atoms with E-state index >= 15 is 0 Å². The lowest BCUT2D eigenvalue weighted by atomic mass is 10.1. The molecule has 0 spiro atoms. The Morgan fingerprint density at radius 3 is 3.00 bits per heavy atom. The Balaban J connectivity index is 2.02. The summed E-state index contributed by atoms with van der Waals surface area (Å²) in [5.74, 6) is -0.0366. The van der Waals surface area contributed by atoms with Crippen LogP contribution >= 0.6 is 27.5 Å². The number of carbonyl (C=O) groups is 1. The van der Waals surface area contributed by atoms with E-state index in [1.807, 2.05) is 0 Å². The van der Waals surface area contributed by atoms with Crippen molar-refractivity contribution in [2.75, 3.05) is 13.1 Å². The highest BCUT2D eigenvalue weighted by Crippen LogP contribution is 2.21. The number of hydrogen-bond donors (Lipinski definition) is 2. The maximum Gasteiger partial charge on any atom is 0.252 e. The van der Waals surface area contributed by atoms with Crippen LogP contribution < -0.4 is 10.6 Å². The van der Waals surface area contributed by atoms with Gasteiger partial charge in [-0.1, -0.05) is 11.6 Å². The number of amides is 1. The largest absolute Gasteiger partial charge is 0.349 e. The minimum Gasteiger partial charge on any atom is -0.349 e. The first kappa shape index (κ1) is 13.8. The molecule has 5 heteroatoms. The Hall–Kier alpha value is -0.580. The van der Waals surface area contributed by atoms with Gasteiger partial charge in [0.05, 0.1) is 5.56 Å². The minimum absolute atomic E-state index is 0.0366. The van der Waals surface area contributed by atoms with E-state index in [2.05, 4.69) is 26.6 Å². The van der Waals surface area contributed by atoms with Crippen molar-refractivity contribution in [3.63, 3.8) is 0 Å². The van der Waals surface area contributed by atoms with Gasteiger partial charge in [-0.25, -0.2) is 0 Å². The minimum atomic E-state index is -0.0366. The Bertz CT molecular complexity index is 431. The standard InChI is InChI=1S/C13H16BrClN2O/c14-12-8-9(15)3-4-11(12)13(18)17-10-2-1-6-16-7-5-10/h3-4,8,10,16H,1-2,5-7H2,(H,17,18). The van der Waals surface area contributed by atoms with Gasteiger partial charge >= 0.3 is 0 Å². The van der Waals surface area contributed by atoms with Gasteiger partial charge in [0.15, 0.2) is 0 Å². The SMILES string of the molecule is O=C(NC1CCCNCC1)c1ccc(Cl)cc1Br. The van der Waals surface area contributed by atoms with Crippen LogP contribution in [0.3, 0.4) is 0 Å². The highest BCUT2D eigenvalue weighted by atomic mass is 79.9. The highest BCUT2D eigenvalue weighted by Gasteiger charge is 2.17. The normalized spacial score (nSPS) is 20.2. The Labute approximate surface area is 120 Å². The number of benzene rings is 1. The third kappa shape index (κ3) is 3.70. The molecule has 98 valence electrons. The third-order valence-electron chi connectivity index (χ3n) is 3.09. The average molecular weight is 332 g/mol. The Morgan fingerprint density at radius 1 is 1.39 bits per heavy atom. The smallest absolute Gasteiger partial charge is 0.252 e. The lowest BCUT2D eigenvalue weighted by Crippen LogP contribution is -2.35. The number of hydrogen-bond acceptors (Lipinski definition) is 2. The quantitative estimate of drug-likeness (QED) is 0.875. The molecular formula is C13H16BrClN2O. The van der Waals surface area contributed by atoms with Crippen molar-refractivity contribution in [1.29, 1.82) is 0 Å². The summed E-state index contributed by atoms with van der Waals surface area (Å²) in [5, 5.41) is 7.04. The first-order chi connectivity index (χ1) is 8.66. The zero-order valence-electron chi connectivity index (χ0n) is 10.0. The maximum absolute atomic E-state index is 12.2. The molecule has 0 aliphatic carbocycles. The topological polar surface area (TPSA) is 41.1 Å². The summed E-state index contributed by atoms with van der Waals surface area (Å²) in [6, 6.07) is 5.48. The summed E-state index contributed by atoms with van der Waals surface area (Å²) in [7, 11) is 0. The molecule has 1 atom stereocenters. The van der Waals surface area contributed by atoms with Gasteiger partial charge in [0.2, 0.25) is 0 Å². The molecule has 1 unspecified atom stereocenters. The van der Waals surface area contributed by atoms with Gasteiger partial charge in [-0.3, -0.25) is 4.79 Å². The van der Waals surface area contributed by atoms with E-state index in [0.717, 1.165) is 36.8 Å². The molecule has 1 aromatic rings. The van der Waals surface area contributed by atoms with Crippen molar-refractivity contribution >= 4 is 33.4 Å². The second-order valence-electron chi connectivity index (χ2n) is 4.48. The van der Waals surface area contributed by atoms with Gasteiger partial charge in [-0.2, -0.15) is 0 Å². The maximum atomic E-state index is 12.2. The van der Waals surface area contributed by atoms with Crippen LogP contribution in [0.5, 0.6) is 0 Å². The van der Waals surface area contributed by atoms with E-state index in [0.29, 0.717) is 10.6 Å². The first-order valence-electron chi connectivity index (χ1n) is 6.13. The van der Waals surface area contributed by atoms with E-state index in [1.165, 1.54) is 0 Å². The lowest BCUT2D eigenvalue weighted by molar-refractivity contribution is 0.0933. The van der Waals surface area contributed by atoms with Crippen LogP contribution in [-0.2, 0) is 0 Å². The predicted molar refractivity (Wildman–Crippen MR) is 77.1 cm³/mol. The summed E-state index contributed by atoms with van der Waals surface area (Å²) in [4.78, 5) is 12.2. The van der Waals surface area contributed by atoms with Gasteiger partial charge < -0.3 is 10.6 Å². The van der Waals surface area contributed by atoms with Crippen LogP contribution in [0, 0.1) is 0 Å². The summed E-state index contributed by atoms with van der Waals surface area (Å²) < 4.78 is 0.735. The number of nitrogens with one attached hydrogen (secondary N) is 2. The lowest BCUT2D eigenvalue weighted by Gasteiger charge is -2.16. The zero-order valence-corrected chi connectivity index (χ0v) is 12.4. The van der Waals surface area contributed by atoms with Crippen molar-refractivity contribution < 1.29 is 4.79 Å². The monoisotopic (exact) mass is 330 g/mol. The highest BCUT2D eigenvalue weighted by molar-refractivity contribution is 9.10. The molecule has 1 aliphatic heterocycles. The van der Waals surface area contributed by atoms with Gasteiger partial charge in [0.25, 0.3) is 5.91 Å². The molecule has 3 nitrogen and oxygen atoms in total. The molecule has 1 fully saturated rings. The van der Waals surface area contributed by atoms with Crippen LogP contribution in [0.4, 0.5) is 0 Å². The summed E-state index contributed by atoms with van der Waals surface area (Å²) in [5.41, 5.74) is 0.636. The van der Waals surface area contributed by atoms with E-state index in [-0.39, 0.29) is 11.9 Å². The van der Waals surface area contributed by atoms with E-state index in [4.69, 9.17) is 11.6 Å². The molecule has 1 saturated heterocycles. The van der Waals surface area contributed by atoms with Crippen LogP contribution in [0.25, 0.3) is 0 Å². The Kier molecular flexibility index (Phi) is 5.03. The fourth-order valence-electron chi connectivity index (χ4n) is 2.10. The molecule has 1 heterocycles. The molecule has 0 saturated carbocycles. The third-order valence-corrected chi connectivity index (χ3v) is 3.98. The van der Waals surface area contributed by atoms with Crippen LogP contribution in [0.2, 0.25) is 5.02 Å². The van der Waals surface area contributed by atoms with Crippen molar-refractivity contribution in [3.05, 3.63) is 33.3 Å². The van der Waals surface area contributed by atoms with Crippen LogP contribution in [0.15, 0.2) is 22.7 Å². The van der Waals surface area contributed by atoms with Gasteiger partial charge in [0.1, 0.15) is 0 Å². The van der Waals surface area contributed by atoms with E-state index < -0.39 is 0 Å². The van der Waals surface area contributed by atoms with Gasteiger partial charge in [0, 0.05) is 15.5 Å². The van der Waals surface area contributed by atoms with Gasteiger partial charge in [-0.15, -0.1) is 0 Å².